The van der Waals surface area contributed by atoms with Crippen molar-refractivity contribution in [3.63, 3.8) is 0 Å². The molecule has 0 bridgehead atoms. The Labute approximate surface area is 129 Å². The zero-order valence-electron chi connectivity index (χ0n) is 12.0. The number of nitrogens with one attached hydrogen (secondary N) is 3. The number of hydrazine groups is 1. The number of para-hydroxylation sites is 1. The highest BCUT2D eigenvalue weighted by Gasteiger charge is 2.06. The van der Waals surface area contributed by atoms with Gasteiger partial charge in [0.15, 0.2) is 0 Å². The Balaban J connectivity index is 1.99. The molecule has 0 saturated heterocycles. The number of halogens is 1. The maximum atomic E-state index is 11.9. The van der Waals surface area contributed by atoms with Gasteiger partial charge in [0.2, 0.25) is 0 Å². The van der Waals surface area contributed by atoms with E-state index in [1.165, 1.54) is 0 Å². The van der Waals surface area contributed by atoms with Gasteiger partial charge in [-0.05, 0) is 42.7 Å². The molecule has 2 aromatic carbocycles. The van der Waals surface area contributed by atoms with Crippen molar-refractivity contribution in [3.05, 3.63) is 58.6 Å². The minimum Gasteiger partial charge on any atom is -0.307 e. The molecule has 0 fully saturated rings. The van der Waals surface area contributed by atoms with Crippen LogP contribution in [0.4, 0.5) is 16.2 Å². The van der Waals surface area contributed by atoms with E-state index in [9.17, 15) is 4.79 Å². The van der Waals surface area contributed by atoms with Crippen LogP contribution in [0.25, 0.3) is 0 Å². The highest BCUT2D eigenvalue weighted by atomic mass is 35.5. The first kappa shape index (κ1) is 15.2. The van der Waals surface area contributed by atoms with Crippen LogP contribution in [0.2, 0.25) is 5.02 Å². The number of hydrogen-bond donors (Lipinski definition) is 3. The SMILES string of the molecule is CCc1cccc(C)c1NNC(=O)Nc1cccc(Cl)c1. The van der Waals surface area contributed by atoms with Crippen LogP contribution in [0.15, 0.2) is 42.5 Å². The zero-order chi connectivity index (χ0) is 15.2. The average Bonchev–Trinajstić information content (AvgIpc) is 2.45. The van der Waals surface area contributed by atoms with Gasteiger partial charge >= 0.3 is 6.03 Å². The zero-order valence-corrected chi connectivity index (χ0v) is 12.8. The second-order valence-corrected chi connectivity index (χ2v) is 5.11. The maximum Gasteiger partial charge on any atom is 0.337 e. The normalized spacial score (nSPS) is 10.0. The summed E-state index contributed by atoms with van der Waals surface area (Å²) in [6.07, 6.45) is 0.890. The summed E-state index contributed by atoms with van der Waals surface area (Å²) in [6.45, 7) is 4.07. The molecule has 5 heteroatoms. The molecular weight excluding hydrogens is 286 g/mol. The smallest absolute Gasteiger partial charge is 0.307 e. The van der Waals surface area contributed by atoms with Gasteiger partial charge in [0.1, 0.15) is 0 Å². The van der Waals surface area contributed by atoms with E-state index in [0.717, 1.165) is 23.2 Å². The highest BCUT2D eigenvalue weighted by molar-refractivity contribution is 6.30. The molecule has 0 radical (unpaired) electrons. The minimum atomic E-state index is -0.345. The molecule has 3 N–H and O–H groups in total. The van der Waals surface area contributed by atoms with Crippen LogP contribution in [0, 0.1) is 6.92 Å². The molecule has 2 aromatic rings. The largest absolute Gasteiger partial charge is 0.337 e. The second kappa shape index (κ2) is 6.99. The number of benzene rings is 2. The molecule has 0 aliphatic rings. The van der Waals surface area contributed by atoms with E-state index in [2.05, 4.69) is 23.1 Å². The van der Waals surface area contributed by atoms with Crippen molar-refractivity contribution in [1.29, 1.82) is 0 Å². The number of amides is 2. The summed E-state index contributed by atoms with van der Waals surface area (Å²) >= 11 is 5.87. The van der Waals surface area contributed by atoms with Gasteiger partial charge in [-0.25, -0.2) is 4.79 Å². The fourth-order valence-electron chi connectivity index (χ4n) is 2.05. The summed E-state index contributed by atoms with van der Waals surface area (Å²) in [5.41, 5.74) is 9.42. The average molecular weight is 304 g/mol. The van der Waals surface area contributed by atoms with Gasteiger partial charge in [0.05, 0.1) is 5.69 Å². The maximum absolute atomic E-state index is 11.9. The molecule has 2 rings (SSSR count). The second-order valence-electron chi connectivity index (χ2n) is 4.68. The van der Waals surface area contributed by atoms with Gasteiger partial charge in [-0.2, -0.15) is 0 Å². The van der Waals surface area contributed by atoms with E-state index in [-0.39, 0.29) is 6.03 Å². The quantitative estimate of drug-likeness (QED) is 0.735. The van der Waals surface area contributed by atoms with Gasteiger partial charge in [0.25, 0.3) is 0 Å². The summed E-state index contributed by atoms with van der Waals surface area (Å²) in [7, 11) is 0. The summed E-state index contributed by atoms with van der Waals surface area (Å²) in [5.74, 6) is 0. The van der Waals surface area contributed by atoms with E-state index in [0.29, 0.717) is 10.7 Å². The van der Waals surface area contributed by atoms with Gasteiger partial charge in [-0.15, -0.1) is 0 Å². The molecule has 0 heterocycles. The molecule has 0 saturated carbocycles. The van der Waals surface area contributed by atoms with Crippen molar-refractivity contribution in [2.24, 2.45) is 0 Å². The molecule has 110 valence electrons. The fourth-order valence-corrected chi connectivity index (χ4v) is 2.24. The molecule has 0 spiro atoms. The number of aryl methyl sites for hydroxylation is 2. The Morgan fingerprint density at radius 1 is 1.19 bits per heavy atom. The number of anilines is 2. The molecular formula is C16H18ClN3O. The van der Waals surface area contributed by atoms with Crippen LogP contribution in [0.1, 0.15) is 18.1 Å². The third kappa shape index (κ3) is 4.13. The molecule has 0 unspecified atom stereocenters. The monoisotopic (exact) mass is 303 g/mol. The Morgan fingerprint density at radius 3 is 2.67 bits per heavy atom. The molecule has 4 nitrogen and oxygen atoms in total. The van der Waals surface area contributed by atoms with Crippen molar-refractivity contribution in [2.45, 2.75) is 20.3 Å². The number of urea groups is 1. The standard InChI is InChI=1S/C16H18ClN3O/c1-3-12-7-4-6-11(2)15(12)19-20-16(21)18-14-9-5-8-13(17)10-14/h4-10,19H,3H2,1-2H3,(H2,18,20,21). The molecule has 21 heavy (non-hydrogen) atoms. The number of rotatable bonds is 4. The summed E-state index contributed by atoms with van der Waals surface area (Å²) in [6, 6.07) is 12.7. The van der Waals surface area contributed by atoms with Gasteiger partial charge in [-0.3, -0.25) is 10.9 Å². The summed E-state index contributed by atoms with van der Waals surface area (Å²) in [5, 5.41) is 3.29. The topological polar surface area (TPSA) is 53.2 Å². The van der Waals surface area contributed by atoms with Gasteiger partial charge in [0, 0.05) is 10.7 Å². The van der Waals surface area contributed by atoms with Gasteiger partial charge < -0.3 is 5.32 Å². The third-order valence-electron chi connectivity index (χ3n) is 3.12. The van der Waals surface area contributed by atoms with Crippen molar-refractivity contribution in [3.8, 4) is 0 Å². The minimum absolute atomic E-state index is 0.345. The number of carbonyl (C=O) groups excluding carboxylic acids is 1. The predicted octanol–water partition coefficient (Wildman–Crippen LogP) is 4.36. The van der Waals surface area contributed by atoms with Crippen LogP contribution in [-0.4, -0.2) is 6.03 Å². The third-order valence-corrected chi connectivity index (χ3v) is 3.36. The van der Waals surface area contributed by atoms with Crippen molar-refractivity contribution in [2.75, 3.05) is 10.7 Å². The number of hydrogen-bond acceptors (Lipinski definition) is 2. The lowest BCUT2D eigenvalue weighted by molar-refractivity contribution is 0.254. The highest BCUT2D eigenvalue weighted by Crippen LogP contribution is 2.20. The van der Waals surface area contributed by atoms with E-state index < -0.39 is 0 Å². The molecule has 0 aromatic heterocycles. The lowest BCUT2D eigenvalue weighted by atomic mass is 10.1. The van der Waals surface area contributed by atoms with Crippen LogP contribution in [0.3, 0.4) is 0 Å². The van der Waals surface area contributed by atoms with Crippen LogP contribution < -0.4 is 16.2 Å². The van der Waals surface area contributed by atoms with Crippen molar-refractivity contribution < 1.29 is 4.79 Å². The molecule has 0 aliphatic carbocycles. The predicted molar refractivity (Wildman–Crippen MR) is 87.8 cm³/mol. The first-order valence-corrected chi connectivity index (χ1v) is 7.15. The summed E-state index contributed by atoms with van der Waals surface area (Å²) < 4.78 is 0. The Morgan fingerprint density at radius 2 is 1.95 bits per heavy atom. The van der Waals surface area contributed by atoms with Crippen LogP contribution in [-0.2, 0) is 6.42 Å². The molecule has 0 aliphatic heterocycles. The Kier molecular flexibility index (Phi) is 5.06. The van der Waals surface area contributed by atoms with E-state index in [1.807, 2.05) is 25.1 Å². The lowest BCUT2D eigenvalue weighted by Crippen LogP contribution is -2.34. The fraction of sp³-hybridized carbons (Fsp3) is 0.188. The first-order valence-electron chi connectivity index (χ1n) is 6.77. The van der Waals surface area contributed by atoms with Crippen molar-refractivity contribution in [1.82, 2.24) is 5.43 Å². The van der Waals surface area contributed by atoms with E-state index in [1.54, 1.807) is 24.3 Å². The van der Waals surface area contributed by atoms with Crippen LogP contribution >= 0.6 is 11.6 Å². The van der Waals surface area contributed by atoms with Gasteiger partial charge in [-0.1, -0.05) is 42.8 Å². The first-order chi connectivity index (χ1) is 10.1. The Bertz CT molecular complexity index is 643. The molecule has 0 atom stereocenters. The summed E-state index contributed by atoms with van der Waals surface area (Å²) in [4.78, 5) is 11.9. The van der Waals surface area contributed by atoms with E-state index in [4.69, 9.17) is 11.6 Å². The molecule has 2 amide bonds. The van der Waals surface area contributed by atoms with Crippen molar-refractivity contribution >= 4 is 29.0 Å². The lowest BCUT2D eigenvalue weighted by Gasteiger charge is -2.15. The van der Waals surface area contributed by atoms with Crippen LogP contribution in [0.5, 0.6) is 0 Å². The van der Waals surface area contributed by atoms with E-state index >= 15 is 0 Å². The Hall–Kier alpha value is -2.20. The number of carbonyl (C=O) groups is 1.